The van der Waals surface area contributed by atoms with Crippen molar-refractivity contribution in [2.75, 3.05) is 0 Å². The summed E-state index contributed by atoms with van der Waals surface area (Å²) in [6.45, 7) is 0. The fourth-order valence-corrected chi connectivity index (χ4v) is 1.57. The first kappa shape index (κ1) is 7.56. The van der Waals surface area contributed by atoms with Gasteiger partial charge in [0.25, 0.3) is 0 Å². The van der Waals surface area contributed by atoms with Gasteiger partial charge < -0.3 is 5.73 Å². The van der Waals surface area contributed by atoms with Crippen molar-refractivity contribution in [3.8, 4) is 0 Å². The monoisotopic (exact) mass is 159 g/mol. The molecule has 1 aromatic carbocycles. The topological polar surface area (TPSA) is 26.0 Å². The zero-order chi connectivity index (χ0) is 8.39. The van der Waals surface area contributed by atoms with Crippen LogP contribution in [0.25, 0.3) is 6.08 Å². The molecule has 1 nitrogen and oxygen atoms in total. The van der Waals surface area contributed by atoms with Crippen molar-refractivity contribution in [1.29, 1.82) is 0 Å². The molecule has 0 radical (unpaired) electrons. The molecule has 2 N–H and O–H groups in total. The highest BCUT2D eigenvalue weighted by Crippen LogP contribution is 2.17. The second kappa shape index (κ2) is 3.11. The van der Waals surface area contributed by atoms with E-state index in [1.807, 2.05) is 0 Å². The summed E-state index contributed by atoms with van der Waals surface area (Å²) in [4.78, 5) is 0. The number of aryl methyl sites for hydroxylation is 1. The maximum atomic E-state index is 5.83. The number of rotatable bonds is 0. The van der Waals surface area contributed by atoms with Gasteiger partial charge in [-0.2, -0.15) is 0 Å². The lowest BCUT2D eigenvalue weighted by atomic mass is 10.0. The van der Waals surface area contributed by atoms with Crippen molar-refractivity contribution in [3.05, 3.63) is 41.5 Å². The number of nitrogens with two attached hydrogens (primary N) is 1. The van der Waals surface area contributed by atoms with Gasteiger partial charge in [-0.05, 0) is 24.0 Å². The minimum absolute atomic E-state index is 0.234. The van der Waals surface area contributed by atoms with Crippen molar-refractivity contribution < 1.29 is 0 Å². The molecular weight excluding hydrogens is 146 g/mol. The van der Waals surface area contributed by atoms with Crippen LogP contribution in [0.15, 0.2) is 30.3 Å². The van der Waals surface area contributed by atoms with Gasteiger partial charge in [-0.25, -0.2) is 0 Å². The normalized spacial score (nSPS) is 21.6. The van der Waals surface area contributed by atoms with Crippen molar-refractivity contribution >= 4 is 6.08 Å². The number of benzene rings is 1. The Morgan fingerprint density at radius 1 is 1.25 bits per heavy atom. The summed E-state index contributed by atoms with van der Waals surface area (Å²) in [5, 5.41) is 0. The smallest absolute Gasteiger partial charge is 0.0230 e. The summed E-state index contributed by atoms with van der Waals surface area (Å²) >= 11 is 0. The largest absolute Gasteiger partial charge is 0.324 e. The van der Waals surface area contributed by atoms with Gasteiger partial charge in [0.1, 0.15) is 0 Å². The molecule has 1 atom stereocenters. The predicted molar refractivity (Wildman–Crippen MR) is 51.8 cm³/mol. The van der Waals surface area contributed by atoms with Crippen molar-refractivity contribution in [1.82, 2.24) is 0 Å². The van der Waals surface area contributed by atoms with Crippen LogP contribution >= 0.6 is 0 Å². The Morgan fingerprint density at radius 2 is 2.08 bits per heavy atom. The van der Waals surface area contributed by atoms with Crippen LogP contribution in [0, 0.1) is 0 Å². The van der Waals surface area contributed by atoms with E-state index in [-0.39, 0.29) is 6.04 Å². The minimum Gasteiger partial charge on any atom is -0.324 e. The van der Waals surface area contributed by atoms with E-state index in [0.29, 0.717) is 0 Å². The van der Waals surface area contributed by atoms with Crippen LogP contribution in [0.1, 0.15) is 17.5 Å². The second-order valence-corrected chi connectivity index (χ2v) is 3.26. The highest BCUT2D eigenvalue weighted by molar-refractivity contribution is 5.55. The Hall–Kier alpha value is -1.08. The fraction of sp³-hybridized carbons (Fsp3) is 0.273. The zero-order valence-corrected chi connectivity index (χ0v) is 7.03. The van der Waals surface area contributed by atoms with Gasteiger partial charge in [-0.15, -0.1) is 0 Å². The third kappa shape index (κ3) is 1.41. The lowest BCUT2D eigenvalue weighted by Crippen LogP contribution is -2.16. The van der Waals surface area contributed by atoms with Gasteiger partial charge in [0.05, 0.1) is 0 Å². The summed E-state index contributed by atoms with van der Waals surface area (Å²) in [7, 11) is 0. The van der Waals surface area contributed by atoms with Crippen LogP contribution in [-0.2, 0) is 6.42 Å². The lowest BCUT2D eigenvalue weighted by molar-refractivity contribution is 0.728. The summed E-state index contributed by atoms with van der Waals surface area (Å²) in [5.41, 5.74) is 8.57. The van der Waals surface area contributed by atoms with E-state index in [1.165, 1.54) is 11.1 Å². The Bertz CT molecular complexity index is 302. The first-order valence-electron chi connectivity index (χ1n) is 4.38. The number of hydrogen-bond donors (Lipinski definition) is 1. The summed E-state index contributed by atoms with van der Waals surface area (Å²) < 4.78 is 0. The molecule has 2 rings (SSSR count). The minimum atomic E-state index is 0.234. The van der Waals surface area contributed by atoms with Crippen molar-refractivity contribution in [2.45, 2.75) is 18.9 Å². The average Bonchev–Trinajstić information content (AvgIpc) is 2.29. The molecular formula is C11H13N. The van der Waals surface area contributed by atoms with Crippen LogP contribution < -0.4 is 5.73 Å². The molecule has 62 valence electrons. The van der Waals surface area contributed by atoms with Crippen molar-refractivity contribution in [2.24, 2.45) is 5.73 Å². The third-order valence-electron chi connectivity index (χ3n) is 2.33. The molecule has 1 aromatic rings. The van der Waals surface area contributed by atoms with Crippen LogP contribution in [0.4, 0.5) is 0 Å². The van der Waals surface area contributed by atoms with Crippen LogP contribution in [-0.4, -0.2) is 6.04 Å². The molecule has 0 saturated carbocycles. The molecule has 12 heavy (non-hydrogen) atoms. The molecule has 0 aliphatic heterocycles. The highest BCUT2D eigenvalue weighted by Gasteiger charge is 2.06. The highest BCUT2D eigenvalue weighted by atomic mass is 14.6. The Kier molecular flexibility index (Phi) is 1.96. The SMILES string of the molecule is NC1C=Cc2ccccc2CC1. The van der Waals surface area contributed by atoms with E-state index < -0.39 is 0 Å². The Morgan fingerprint density at radius 3 is 3.00 bits per heavy atom. The maximum absolute atomic E-state index is 5.83. The predicted octanol–water partition coefficient (Wildman–Crippen LogP) is 1.97. The number of hydrogen-bond acceptors (Lipinski definition) is 1. The Labute approximate surface area is 72.9 Å². The third-order valence-corrected chi connectivity index (χ3v) is 2.33. The van der Waals surface area contributed by atoms with Crippen LogP contribution in [0.3, 0.4) is 0 Å². The van der Waals surface area contributed by atoms with E-state index >= 15 is 0 Å². The lowest BCUT2D eigenvalue weighted by Gasteiger charge is -2.03. The molecule has 0 spiro atoms. The maximum Gasteiger partial charge on any atom is 0.0230 e. The van der Waals surface area contributed by atoms with Crippen LogP contribution in [0.2, 0.25) is 0 Å². The van der Waals surface area contributed by atoms with Gasteiger partial charge in [-0.3, -0.25) is 0 Å². The molecule has 0 heterocycles. The van der Waals surface area contributed by atoms with Gasteiger partial charge in [0, 0.05) is 6.04 Å². The molecule has 1 aliphatic carbocycles. The average molecular weight is 159 g/mol. The van der Waals surface area contributed by atoms with Gasteiger partial charge in [0.2, 0.25) is 0 Å². The van der Waals surface area contributed by atoms with Crippen LogP contribution in [0.5, 0.6) is 0 Å². The fourth-order valence-electron chi connectivity index (χ4n) is 1.57. The first-order chi connectivity index (χ1) is 5.86. The molecule has 1 aliphatic rings. The van der Waals surface area contributed by atoms with E-state index in [0.717, 1.165) is 12.8 Å². The summed E-state index contributed by atoms with van der Waals surface area (Å²) in [6, 6.07) is 8.71. The van der Waals surface area contributed by atoms with E-state index in [9.17, 15) is 0 Å². The van der Waals surface area contributed by atoms with E-state index in [2.05, 4.69) is 36.4 Å². The van der Waals surface area contributed by atoms with E-state index in [4.69, 9.17) is 5.73 Å². The van der Waals surface area contributed by atoms with E-state index in [1.54, 1.807) is 0 Å². The summed E-state index contributed by atoms with van der Waals surface area (Å²) in [6.07, 6.45) is 6.39. The molecule has 0 fully saturated rings. The molecule has 1 heteroatoms. The van der Waals surface area contributed by atoms with Gasteiger partial charge >= 0.3 is 0 Å². The number of fused-ring (bicyclic) bond motifs is 1. The van der Waals surface area contributed by atoms with Gasteiger partial charge in [-0.1, -0.05) is 36.4 Å². The Balaban J connectivity index is 2.39. The zero-order valence-electron chi connectivity index (χ0n) is 7.03. The standard InChI is InChI=1S/C11H13N/c12-11-7-5-9-3-1-2-4-10(9)6-8-11/h1-5,7,11H,6,8,12H2. The first-order valence-corrected chi connectivity index (χ1v) is 4.38. The van der Waals surface area contributed by atoms with Crippen molar-refractivity contribution in [3.63, 3.8) is 0 Å². The van der Waals surface area contributed by atoms with Gasteiger partial charge in [0.15, 0.2) is 0 Å². The molecule has 1 unspecified atom stereocenters. The summed E-state index contributed by atoms with van der Waals surface area (Å²) in [5.74, 6) is 0. The second-order valence-electron chi connectivity index (χ2n) is 3.26. The molecule has 0 aromatic heterocycles. The molecule has 0 bridgehead atoms. The molecule has 0 saturated heterocycles. The molecule has 0 amide bonds. The quantitative estimate of drug-likeness (QED) is 0.615.